The van der Waals surface area contributed by atoms with Gasteiger partial charge in [0.1, 0.15) is 11.5 Å². The van der Waals surface area contributed by atoms with Crippen LogP contribution in [-0.2, 0) is 0 Å². The molecule has 150 valence electrons. The number of rotatable bonds is 5. The second-order valence-electron chi connectivity index (χ2n) is 6.35. The molecule has 0 bridgehead atoms. The van der Waals surface area contributed by atoms with Gasteiger partial charge in [0.05, 0.1) is 28.7 Å². The highest BCUT2D eigenvalue weighted by atomic mass is 16.6. The molecule has 2 aromatic carbocycles. The Morgan fingerprint density at radius 3 is 2.60 bits per heavy atom. The van der Waals surface area contributed by atoms with Crippen molar-refractivity contribution in [2.24, 2.45) is 0 Å². The summed E-state index contributed by atoms with van der Waals surface area (Å²) >= 11 is 0. The number of aromatic carboxylic acids is 1. The zero-order valence-corrected chi connectivity index (χ0v) is 15.6. The average molecular weight is 406 g/mol. The van der Waals surface area contributed by atoms with Crippen molar-refractivity contribution in [1.82, 2.24) is 4.57 Å². The van der Waals surface area contributed by atoms with Crippen molar-refractivity contribution in [3.8, 4) is 17.1 Å². The van der Waals surface area contributed by atoms with Crippen molar-refractivity contribution >= 4 is 28.5 Å². The topological polar surface area (TPSA) is 125 Å². The zero-order valence-electron chi connectivity index (χ0n) is 15.6. The lowest BCUT2D eigenvalue weighted by atomic mass is 10.1. The molecule has 0 atom stereocenters. The summed E-state index contributed by atoms with van der Waals surface area (Å²) in [5.41, 5.74) is 0.573. The van der Waals surface area contributed by atoms with E-state index in [9.17, 15) is 24.8 Å². The molecule has 0 saturated heterocycles. The molecular weight excluding hydrogens is 392 g/mol. The van der Waals surface area contributed by atoms with Gasteiger partial charge in [0.15, 0.2) is 5.76 Å². The normalized spacial score (nSPS) is 10.8. The van der Waals surface area contributed by atoms with Crippen LogP contribution in [0.5, 0.6) is 5.75 Å². The van der Waals surface area contributed by atoms with E-state index in [-0.39, 0.29) is 22.8 Å². The lowest BCUT2D eigenvalue weighted by Gasteiger charge is -2.06. The number of aromatic nitrogens is 1. The Bertz CT molecular complexity index is 1320. The van der Waals surface area contributed by atoms with Gasteiger partial charge < -0.3 is 14.3 Å². The first-order chi connectivity index (χ1) is 14.4. The number of non-ortho nitro benzene ring substituents is 1. The van der Waals surface area contributed by atoms with E-state index in [0.717, 1.165) is 0 Å². The van der Waals surface area contributed by atoms with Crippen molar-refractivity contribution in [2.45, 2.75) is 0 Å². The van der Waals surface area contributed by atoms with Crippen LogP contribution < -0.4 is 4.74 Å². The molecule has 30 heavy (non-hydrogen) atoms. The molecule has 0 aliphatic rings. The second kappa shape index (κ2) is 7.21. The minimum Gasteiger partial charge on any atom is -0.496 e. The largest absolute Gasteiger partial charge is 0.496 e. The van der Waals surface area contributed by atoms with Crippen molar-refractivity contribution in [3.05, 3.63) is 82.2 Å². The summed E-state index contributed by atoms with van der Waals surface area (Å²) in [6.45, 7) is 0. The maximum absolute atomic E-state index is 13.0. The third kappa shape index (κ3) is 3.08. The van der Waals surface area contributed by atoms with Gasteiger partial charge in [-0.05, 0) is 24.3 Å². The molecule has 0 spiro atoms. The van der Waals surface area contributed by atoms with E-state index in [0.29, 0.717) is 22.2 Å². The van der Waals surface area contributed by atoms with Crippen LogP contribution in [0.4, 0.5) is 5.69 Å². The van der Waals surface area contributed by atoms with Crippen LogP contribution in [-0.4, -0.2) is 33.6 Å². The summed E-state index contributed by atoms with van der Waals surface area (Å²) in [6.07, 6.45) is 1.24. The molecule has 0 unspecified atom stereocenters. The monoisotopic (exact) mass is 406 g/mol. The van der Waals surface area contributed by atoms with E-state index in [1.807, 2.05) is 0 Å². The lowest BCUT2D eigenvalue weighted by Crippen LogP contribution is -2.09. The van der Waals surface area contributed by atoms with E-state index in [1.54, 1.807) is 24.3 Å². The third-order valence-corrected chi connectivity index (χ3v) is 4.64. The van der Waals surface area contributed by atoms with E-state index in [1.165, 1.54) is 48.2 Å². The first-order valence-electron chi connectivity index (χ1n) is 8.71. The number of furan rings is 1. The van der Waals surface area contributed by atoms with Crippen LogP contribution in [0.3, 0.4) is 0 Å². The van der Waals surface area contributed by atoms with Crippen molar-refractivity contribution in [3.63, 3.8) is 0 Å². The number of hydrogen-bond donors (Lipinski definition) is 1. The Hall–Kier alpha value is -4.40. The number of methoxy groups -OCH3 is 1. The van der Waals surface area contributed by atoms with Crippen molar-refractivity contribution in [1.29, 1.82) is 0 Å². The third-order valence-electron chi connectivity index (χ3n) is 4.64. The van der Waals surface area contributed by atoms with Gasteiger partial charge in [-0.15, -0.1) is 0 Å². The number of carbonyl (C=O) groups excluding carboxylic acids is 1. The number of para-hydroxylation sites is 1. The Labute approximate surface area is 168 Å². The van der Waals surface area contributed by atoms with Gasteiger partial charge in [0.2, 0.25) is 0 Å². The molecule has 0 amide bonds. The van der Waals surface area contributed by atoms with Crippen molar-refractivity contribution < 1.29 is 28.8 Å². The molecule has 2 heterocycles. The summed E-state index contributed by atoms with van der Waals surface area (Å²) in [4.78, 5) is 35.1. The standard InChI is InChI=1S/C21H14N2O7/c1-29-17-7-6-12(23(27)28)10-14(17)18-8-9-19(30-18)20(24)22-11-15(21(25)26)13-4-2-3-5-16(13)22/h2-11H,1H3,(H,25,26). The Balaban J connectivity index is 1.78. The zero-order chi connectivity index (χ0) is 21.4. The first kappa shape index (κ1) is 18.9. The SMILES string of the molecule is COc1ccc([N+](=O)[O-])cc1-c1ccc(C(=O)n2cc(C(=O)O)c3ccccc32)o1. The number of ether oxygens (including phenoxy) is 1. The smallest absolute Gasteiger partial charge is 0.337 e. The lowest BCUT2D eigenvalue weighted by molar-refractivity contribution is -0.384. The molecule has 2 aromatic heterocycles. The number of nitro benzene ring substituents is 1. The Morgan fingerprint density at radius 1 is 1.13 bits per heavy atom. The van der Waals surface area contributed by atoms with Crippen LogP contribution >= 0.6 is 0 Å². The predicted molar refractivity (Wildman–Crippen MR) is 106 cm³/mol. The molecule has 4 aromatic rings. The van der Waals surface area contributed by atoms with Crippen LogP contribution in [0.25, 0.3) is 22.2 Å². The molecule has 1 N–H and O–H groups in total. The summed E-state index contributed by atoms with van der Waals surface area (Å²) in [5, 5.41) is 20.9. The molecule has 0 saturated carbocycles. The van der Waals surface area contributed by atoms with E-state index in [4.69, 9.17) is 9.15 Å². The molecule has 9 nitrogen and oxygen atoms in total. The predicted octanol–water partition coefficient (Wildman–Crippen LogP) is 4.20. The van der Waals surface area contributed by atoms with Gasteiger partial charge in [-0.25, -0.2) is 4.79 Å². The highest BCUT2D eigenvalue weighted by molar-refractivity contribution is 6.08. The maximum atomic E-state index is 13.0. The highest BCUT2D eigenvalue weighted by Gasteiger charge is 2.22. The molecule has 9 heteroatoms. The summed E-state index contributed by atoms with van der Waals surface area (Å²) in [6, 6.07) is 13.6. The van der Waals surface area contributed by atoms with E-state index < -0.39 is 16.8 Å². The van der Waals surface area contributed by atoms with Crippen LogP contribution in [0.2, 0.25) is 0 Å². The summed E-state index contributed by atoms with van der Waals surface area (Å²) in [5.74, 6) is -1.24. The van der Waals surface area contributed by atoms with Gasteiger partial charge in [-0.2, -0.15) is 0 Å². The quantitative estimate of drug-likeness (QED) is 0.389. The summed E-state index contributed by atoms with van der Waals surface area (Å²) < 4.78 is 12.1. The fourth-order valence-electron chi connectivity index (χ4n) is 3.24. The molecule has 0 fully saturated rings. The number of carboxylic acids is 1. The molecule has 0 aliphatic heterocycles. The number of carboxylic acid groups (broad SMARTS) is 1. The summed E-state index contributed by atoms with van der Waals surface area (Å²) in [7, 11) is 1.42. The molecule has 0 aliphatic carbocycles. The minimum atomic E-state index is -1.15. The Morgan fingerprint density at radius 2 is 1.90 bits per heavy atom. The van der Waals surface area contributed by atoms with Gasteiger partial charge in [0, 0.05) is 23.7 Å². The number of carbonyl (C=O) groups is 2. The maximum Gasteiger partial charge on any atom is 0.337 e. The van der Waals surface area contributed by atoms with Crippen LogP contribution in [0.1, 0.15) is 20.9 Å². The van der Waals surface area contributed by atoms with Gasteiger partial charge >= 0.3 is 5.97 Å². The highest BCUT2D eigenvalue weighted by Crippen LogP contribution is 2.35. The molecular formula is C21H14N2O7. The van der Waals surface area contributed by atoms with Crippen molar-refractivity contribution in [2.75, 3.05) is 7.11 Å². The number of benzene rings is 2. The minimum absolute atomic E-state index is 0.00826. The molecule has 4 rings (SSSR count). The fraction of sp³-hybridized carbons (Fsp3) is 0.0476. The van der Waals surface area contributed by atoms with E-state index in [2.05, 4.69) is 0 Å². The van der Waals surface area contributed by atoms with Gasteiger partial charge in [-0.3, -0.25) is 19.5 Å². The number of nitro groups is 1. The van der Waals surface area contributed by atoms with Crippen LogP contribution in [0, 0.1) is 10.1 Å². The fourth-order valence-corrected chi connectivity index (χ4v) is 3.24. The first-order valence-corrected chi connectivity index (χ1v) is 8.71. The molecule has 0 radical (unpaired) electrons. The second-order valence-corrected chi connectivity index (χ2v) is 6.35. The number of fused-ring (bicyclic) bond motifs is 1. The van der Waals surface area contributed by atoms with E-state index >= 15 is 0 Å². The van der Waals surface area contributed by atoms with Gasteiger partial charge in [-0.1, -0.05) is 18.2 Å². The van der Waals surface area contributed by atoms with Crippen LogP contribution in [0.15, 0.2) is 65.2 Å². The average Bonchev–Trinajstić information content (AvgIpc) is 3.38. The number of nitrogens with zero attached hydrogens (tertiary/aromatic N) is 2. The van der Waals surface area contributed by atoms with Gasteiger partial charge in [0.25, 0.3) is 11.6 Å². The number of hydrogen-bond acceptors (Lipinski definition) is 6. The Kier molecular flexibility index (Phi) is 4.55.